The van der Waals surface area contributed by atoms with Gasteiger partial charge in [-0.3, -0.25) is 5.32 Å². The Morgan fingerprint density at radius 2 is 1.86 bits per heavy atom. The number of ether oxygens (including phenoxy) is 1. The molecule has 0 heterocycles. The highest BCUT2D eigenvalue weighted by Gasteiger charge is 2.34. The van der Waals surface area contributed by atoms with Crippen molar-refractivity contribution in [2.75, 3.05) is 30.1 Å². The third-order valence-corrected chi connectivity index (χ3v) is 4.75. The van der Waals surface area contributed by atoms with E-state index in [9.17, 15) is 18.0 Å². The largest absolute Gasteiger partial charge is 0.449 e. The Labute approximate surface area is 167 Å². The number of carbonyl (C=O) groups is 1. The normalized spacial score (nSPS) is 11.2. The highest BCUT2D eigenvalue weighted by atomic mass is 32.2. The standard InChI is InChI=1S/C20H23F3N2O2S/c1-4-11-27-19(26)24-18-10-7-15(12-17(18)20(21,22)23)25(2)13-14-5-8-16(28-3)9-6-14/h5-10,12H,4,11,13H2,1-3H3,(H,24,26). The van der Waals surface area contributed by atoms with E-state index in [-0.39, 0.29) is 12.3 Å². The van der Waals surface area contributed by atoms with Crippen LogP contribution in [0.2, 0.25) is 0 Å². The summed E-state index contributed by atoms with van der Waals surface area (Å²) in [7, 11) is 1.72. The number of nitrogens with zero attached hydrogens (tertiary/aromatic N) is 1. The first kappa shape index (κ1) is 21.9. The van der Waals surface area contributed by atoms with Crippen molar-refractivity contribution in [2.45, 2.75) is 31.0 Å². The zero-order chi connectivity index (χ0) is 20.7. The summed E-state index contributed by atoms with van der Waals surface area (Å²) in [6.45, 7) is 2.40. The average molecular weight is 412 g/mol. The number of anilines is 2. The quantitative estimate of drug-likeness (QED) is 0.565. The van der Waals surface area contributed by atoms with E-state index >= 15 is 0 Å². The second kappa shape index (κ2) is 9.73. The van der Waals surface area contributed by atoms with E-state index in [0.29, 0.717) is 18.7 Å². The van der Waals surface area contributed by atoms with Gasteiger partial charge in [0, 0.05) is 24.2 Å². The summed E-state index contributed by atoms with van der Waals surface area (Å²) >= 11 is 1.63. The summed E-state index contributed by atoms with van der Waals surface area (Å²) in [5.41, 5.74) is 0.144. The molecule has 28 heavy (non-hydrogen) atoms. The number of hydrogen-bond acceptors (Lipinski definition) is 4. The number of alkyl halides is 3. The van der Waals surface area contributed by atoms with Gasteiger partial charge in [-0.1, -0.05) is 19.1 Å². The molecule has 1 N–H and O–H groups in total. The van der Waals surface area contributed by atoms with Gasteiger partial charge in [-0.25, -0.2) is 4.79 Å². The Morgan fingerprint density at radius 1 is 1.18 bits per heavy atom. The Morgan fingerprint density at radius 3 is 2.43 bits per heavy atom. The van der Waals surface area contributed by atoms with Crippen LogP contribution in [-0.4, -0.2) is 26.0 Å². The van der Waals surface area contributed by atoms with E-state index in [1.807, 2.05) is 30.5 Å². The summed E-state index contributed by atoms with van der Waals surface area (Å²) in [6, 6.07) is 11.7. The monoisotopic (exact) mass is 412 g/mol. The van der Waals surface area contributed by atoms with Crippen molar-refractivity contribution in [1.82, 2.24) is 0 Å². The molecule has 2 aromatic carbocycles. The lowest BCUT2D eigenvalue weighted by molar-refractivity contribution is -0.136. The maximum absolute atomic E-state index is 13.5. The van der Waals surface area contributed by atoms with Crippen LogP contribution in [0, 0.1) is 0 Å². The SMILES string of the molecule is CCCOC(=O)Nc1ccc(N(C)Cc2ccc(SC)cc2)cc1C(F)(F)F. The highest BCUT2D eigenvalue weighted by molar-refractivity contribution is 7.98. The van der Waals surface area contributed by atoms with Crippen molar-refractivity contribution in [3.63, 3.8) is 0 Å². The van der Waals surface area contributed by atoms with Crippen LogP contribution < -0.4 is 10.2 Å². The lowest BCUT2D eigenvalue weighted by Gasteiger charge is -2.22. The molecule has 0 saturated heterocycles. The van der Waals surface area contributed by atoms with Gasteiger partial charge in [0.15, 0.2) is 0 Å². The van der Waals surface area contributed by atoms with Crippen LogP contribution in [0.5, 0.6) is 0 Å². The van der Waals surface area contributed by atoms with E-state index in [1.165, 1.54) is 6.07 Å². The molecule has 0 aliphatic heterocycles. The number of hydrogen-bond donors (Lipinski definition) is 1. The van der Waals surface area contributed by atoms with Crippen LogP contribution in [0.15, 0.2) is 47.4 Å². The molecule has 2 aromatic rings. The van der Waals surface area contributed by atoms with Gasteiger partial charge >= 0.3 is 12.3 Å². The van der Waals surface area contributed by atoms with Crippen LogP contribution in [0.25, 0.3) is 0 Å². The minimum Gasteiger partial charge on any atom is -0.449 e. The van der Waals surface area contributed by atoms with Gasteiger partial charge in [0.25, 0.3) is 0 Å². The van der Waals surface area contributed by atoms with E-state index in [2.05, 4.69) is 5.32 Å². The molecule has 0 aromatic heterocycles. The first-order chi connectivity index (χ1) is 13.2. The summed E-state index contributed by atoms with van der Waals surface area (Å²) < 4.78 is 45.3. The molecule has 8 heteroatoms. The van der Waals surface area contributed by atoms with Crippen LogP contribution in [-0.2, 0) is 17.5 Å². The number of thioether (sulfide) groups is 1. The smallest absolute Gasteiger partial charge is 0.418 e. The molecule has 0 fully saturated rings. The van der Waals surface area contributed by atoms with Gasteiger partial charge in [-0.2, -0.15) is 13.2 Å². The van der Waals surface area contributed by atoms with Crippen molar-refractivity contribution < 1.29 is 22.7 Å². The molecule has 1 amide bonds. The minimum absolute atomic E-state index is 0.142. The van der Waals surface area contributed by atoms with Crippen molar-refractivity contribution in [2.24, 2.45) is 0 Å². The number of carbonyl (C=O) groups excluding carboxylic acids is 1. The zero-order valence-corrected chi connectivity index (χ0v) is 16.8. The van der Waals surface area contributed by atoms with Gasteiger partial charge in [0.1, 0.15) is 0 Å². The molecular formula is C20H23F3N2O2S. The molecule has 2 rings (SSSR count). The summed E-state index contributed by atoms with van der Waals surface area (Å²) in [5, 5.41) is 2.18. The van der Waals surface area contributed by atoms with Crippen LogP contribution in [0.3, 0.4) is 0 Å². The number of benzene rings is 2. The average Bonchev–Trinajstić information content (AvgIpc) is 2.66. The van der Waals surface area contributed by atoms with E-state index in [4.69, 9.17) is 4.74 Å². The maximum atomic E-state index is 13.5. The van der Waals surface area contributed by atoms with Gasteiger partial charge in [-0.15, -0.1) is 11.8 Å². The van der Waals surface area contributed by atoms with Crippen LogP contribution >= 0.6 is 11.8 Å². The van der Waals surface area contributed by atoms with Crippen molar-refractivity contribution >= 4 is 29.2 Å². The van der Waals surface area contributed by atoms with Crippen molar-refractivity contribution in [1.29, 1.82) is 0 Å². The third-order valence-electron chi connectivity index (χ3n) is 4.00. The Kier molecular flexibility index (Phi) is 7.62. The molecule has 0 radical (unpaired) electrons. The number of rotatable bonds is 7. The molecule has 0 bridgehead atoms. The maximum Gasteiger partial charge on any atom is 0.418 e. The summed E-state index contributed by atoms with van der Waals surface area (Å²) in [6.07, 6.45) is -2.94. The minimum atomic E-state index is -4.61. The predicted molar refractivity (Wildman–Crippen MR) is 107 cm³/mol. The van der Waals surface area contributed by atoms with Crippen LogP contribution in [0.1, 0.15) is 24.5 Å². The van der Waals surface area contributed by atoms with Crippen molar-refractivity contribution in [3.05, 3.63) is 53.6 Å². The molecule has 4 nitrogen and oxygen atoms in total. The second-order valence-electron chi connectivity index (χ2n) is 6.19. The Balaban J connectivity index is 2.21. The molecule has 0 aliphatic rings. The molecule has 0 unspecified atom stereocenters. The summed E-state index contributed by atoms with van der Waals surface area (Å²) in [5.74, 6) is 0. The first-order valence-electron chi connectivity index (χ1n) is 8.73. The second-order valence-corrected chi connectivity index (χ2v) is 7.07. The van der Waals surface area contributed by atoms with Gasteiger partial charge in [0.05, 0.1) is 17.9 Å². The van der Waals surface area contributed by atoms with Gasteiger partial charge in [-0.05, 0) is 48.6 Å². The van der Waals surface area contributed by atoms with Crippen molar-refractivity contribution in [3.8, 4) is 0 Å². The number of halogens is 3. The molecule has 0 saturated carbocycles. The first-order valence-corrected chi connectivity index (χ1v) is 9.96. The predicted octanol–water partition coefficient (Wildman–Crippen LogP) is 6.02. The fraction of sp³-hybridized carbons (Fsp3) is 0.350. The lowest BCUT2D eigenvalue weighted by Crippen LogP contribution is -2.20. The zero-order valence-electron chi connectivity index (χ0n) is 16.0. The van der Waals surface area contributed by atoms with E-state index in [1.54, 1.807) is 36.7 Å². The summed E-state index contributed by atoms with van der Waals surface area (Å²) in [4.78, 5) is 14.5. The topological polar surface area (TPSA) is 41.6 Å². The van der Waals surface area contributed by atoms with Gasteiger partial charge < -0.3 is 9.64 Å². The lowest BCUT2D eigenvalue weighted by atomic mass is 10.1. The Bertz CT molecular complexity index is 795. The molecule has 152 valence electrons. The Hall–Kier alpha value is -2.35. The fourth-order valence-electron chi connectivity index (χ4n) is 2.55. The molecular weight excluding hydrogens is 389 g/mol. The molecule has 0 spiro atoms. The number of amides is 1. The highest BCUT2D eigenvalue weighted by Crippen LogP contribution is 2.37. The van der Waals surface area contributed by atoms with Crippen LogP contribution in [0.4, 0.5) is 29.3 Å². The van der Waals surface area contributed by atoms with Gasteiger partial charge in [0.2, 0.25) is 0 Å². The fourth-order valence-corrected chi connectivity index (χ4v) is 2.96. The number of nitrogens with one attached hydrogen (secondary N) is 1. The molecule has 0 atom stereocenters. The third kappa shape index (κ3) is 6.09. The van der Waals surface area contributed by atoms with E-state index < -0.39 is 17.8 Å². The van der Waals surface area contributed by atoms with E-state index in [0.717, 1.165) is 16.5 Å². The molecule has 0 aliphatic carbocycles.